The third-order valence-electron chi connectivity index (χ3n) is 5.95. The number of aryl methyl sites for hydroxylation is 1. The van der Waals surface area contributed by atoms with E-state index in [1.54, 1.807) is 16.2 Å². The van der Waals surface area contributed by atoms with E-state index in [9.17, 15) is 4.79 Å². The molecular formula is C26H24BrN7O2. The second-order valence-electron chi connectivity index (χ2n) is 8.22. The van der Waals surface area contributed by atoms with Crippen LogP contribution in [0.3, 0.4) is 0 Å². The van der Waals surface area contributed by atoms with Crippen LogP contribution >= 0.6 is 15.9 Å². The van der Waals surface area contributed by atoms with Gasteiger partial charge >= 0.3 is 5.69 Å². The Kier molecular flexibility index (Phi) is 6.77. The standard InChI is InChI=1S/C26H24BrN7O2/c1-3-7-19-16-34(24-22(27)10-6-11-23(24)36-2)26(35)33(19)15-18-13-12-17(14-28-18)20-8-4-5-9-21(20)25-29-31-32-30-25/h4-6,8-14,16H,3,7,15H2,1-2H3,(H,29,30,31,32). The lowest BCUT2D eigenvalue weighted by Crippen LogP contribution is -2.25. The Hall–Kier alpha value is -4.05. The van der Waals surface area contributed by atoms with Crippen molar-refractivity contribution in [2.45, 2.75) is 26.3 Å². The van der Waals surface area contributed by atoms with Crippen LogP contribution in [0.4, 0.5) is 0 Å². The van der Waals surface area contributed by atoms with E-state index in [0.29, 0.717) is 23.8 Å². The number of H-pyrrole nitrogens is 1. The minimum atomic E-state index is -0.142. The molecule has 36 heavy (non-hydrogen) atoms. The van der Waals surface area contributed by atoms with Crippen molar-refractivity contribution < 1.29 is 4.74 Å². The van der Waals surface area contributed by atoms with Crippen molar-refractivity contribution in [3.05, 3.63) is 93.3 Å². The monoisotopic (exact) mass is 545 g/mol. The first-order valence-electron chi connectivity index (χ1n) is 11.5. The molecule has 0 radical (unpaired) electrons. The average Bonchev–Trinajstić information content (AvgIpc) is 3.54. The van der Waals surface area contributed by atoms with Crippen LogP contribution in [0.15, 0.2) is 76.3 Å². The second-order valence-corrected chi connectivity index (χ2v) is 9.07. The fourth-order valence-corrected chi connectivity index (χ4v) is 4.79. The summed E-state index contributed by atoms with van der Waals surface area (Å²) in [6.07, 6.45) is 5.39. The Morgan fingerprint density at radius 3 is 2.58 bits per heavy atom. The van der Waals surface area contributed by atoms with Gasteiger partial charge in [-0.25, -0.2) is 4.79 Å². The van der Waals surface area contributed by atoms with E-state index in [-0.39, 0.29) is 5.69 Å². The number of halogens is 1. The van der Waals surface area contributed by atoms with Crippen LogP contribution in [0.1, 0.15) is 24.7 Å². The smallest absolute Gasteiger partial charge is 0.333 e. The van der Waals surface area contributed by atoms with Crippen LogP contribution < -0.4 is 10.4 Å². The largest absolute Gasteiger partial charge is 0.495 e. The molecule has 0 fully saturated rings. The number of methoxy groups -OCH3 is 1. The van der Waals surface area contributed by atoms with E-state index in [0.717, 1.165) is 45.4 Å². The number of nitrogens with one attached hydrogen (secondary N) is 1. The molecule has 0 saturated carbocycles. The summed E-state index contributed by atoms with van der Waals surface area (Å²) in [6, 6.07) is 17.4. The molecule has 0 unspecified atom stereocenters. The molecule has 182 valence electrons. The fraction of sp³-hybridized carbons (Fsp3) is 0.192. The highest BCUT2D eigenvalue weighted by molar-refractivity contribution is 9.10. The molecule has 0 amide bonds. The van der Waals surface area contributed by atoms with Gasteiger partial charge in [-0.15, -0.1) is 10.2 Å². The van der Waals surface area contributed by atoms with Crippen LogP contribution in [0.2, 0.25) is 0 Å². The molecule has 0 saturated heterocycles. The Balaban J connectivity index is 1.50. The van der Waals surface area contributed by atoms with Gasteiger partial charge in [-0.05, 0) is 51.3 Å². The summed E-state index contributed by atoms with van der Waals surface area (Å²) in [5, 5.41) is 14.4. The van der Waals surface area contributed by atoms with E-state index < -0.39 is 0 Å². The average molecular weight is 546 g/mol. The number of aromatic nitrogens is 7. The minimum absolute atomic E-state index is 0.142. The van der Waals surface area contributed by atoms with E-state index in [4.69, 9.17) is 4.74 Å². The number of benzene rings is 2. The van der Waals surface area contributed by atoms with Gasteiger partial charge in [-0.2, -0.15) is 5.21 Å². The maximum absolute atomic E-state index is 13.6. The number of aromatic amines is 1. The molecular weight excluding hydrogens is 522 g/mol. The third kappa shape index (κ3) is 4.47. The van der Waals surface area contributed by atoms with Gasteiger partial charge in [0, 0.05) is 33.7 Å². The van der Waals surface area contributed by atoms with E-state index in [1.165, 1.54) is 0 Å². The van der Waals surface area contributed by atoms with Crippen molar-refractivity contribution in [1.82, 2.24) is 34.7 Å². The number of pyridine rings is 1. The van der Waals surface area contributed by atoms with Gasteiger partial charge in [0.25, 0.3) is 0 Å². The molecule has 0 aliphatic heterocycles. The van der Waals surface area contributed by atoms with Crippen LogP contribution in [-0.4, -0.2) is 41.9 Å². The summed E-state index contributed by atoms with van der Waals surface area (Å²) in [5.41, 5.74) is 5.01. The van der Waals surface area contributed by atoms with Crippen molar-refractivity contribution in [2.24, 2.45) is 0 Å². The summed E-state index contributed by atoms with van der Waals surface area (Å²) in [7, 11) is 1.60. The molecule has 0 aliphatic carbocycles. The Labute approximate surface area is 215 Å². The fourth-order valence-electron chi connectivity index (χ4n) is 4.25. The topological polar surface area (TPSA) is 104 Å². The van der Waals surface area contributed by atoms with Gasteiger partial charge in [0.15, 0.2) is 0 Å². The molecule has 10 heteroatoms. The van der Waals surface area contributed by atoms with E-state index >= 15 is 0 Å². The number of nitrogens with zero attached hydrogens (tertiary/aromatic N) is 6. The predicted molar refractivity (Wildman–Crippen MR) is 140 cm³/mol. The summed E-state index contributed by atoms with van der Waals surface area (Å²) in [5.74, 6) is 1.14. The quantitative estimate of drug-likeness (QED) is 0.304. The number of imidazole rings is 1. The third-order valence-corrected chi connectivity index (χ3v) is 6.59. The Morgan fingerprint density at radius 2 is 1.89 bits per heavy atom. The molecule has 0 spiro atoms. The van der Waals surface area contributed by atoms with E-state index in [1.807, 2.05) is 67.0 Å². The Morgan fingerprint density at radius 1 is 1.06 bits per heavy atom. The van der Waals surface area contributed by atoms with Crippen molar-refractivity contribution in [3.63, 3.8) is 0 Å². The lowest BCUT2D eigenvalue weighted by molar-refractivity contribution is 0.412. The first-order chi connectivity index (χ1) is 17.6. The van der Waals surface area contributed by atoms with Crippen molar-refractivity contribution in [3.8, 4) is 34.0 Å². The number of ether oxygens (including phenoxy) is 1. The van der Waals surface area contributed by atoms with Gasteiger partial charge in [0.05, 0.1) is 19.3 Å². The lowest BCUT2D eigenvalue weighted by Gasteiger charge is -2.10. The Bertz CT molecular complexity index is 1540. The summed E-state index contributed by atoms with van der Waals surface area (Å²) < 4.78 is 9.73. The zero-order chi connectivity index (χ0) is 25.1. The van der Waals surface area contributed by atoms with Crippen LogP contribution in [0.25, 0.3) is 28.2 Å². The molecule has 0 atom stereocenters. The molecule has 3 aromatic heterocycles. The molecule has 0 bridgehead atoms. The van der Waals surface area contributed by atoms with Gasteiger partial charge in [-0.1, -0.05) is 49.7 Å². The van der Waals surface area contributed by atoms with Crippen molar-refractivity contribution in [2.75, 3.05) is 7.11 Å². The molecule has 5 aromatic rings. The SMILES string of the molecule is CCCc1cn(-c2c(Br)cccc2OC)c(=O)n1Cc1ccc(-c2ccccc2-c2nn[nH]n2)cn1. The number of hydrogen-bond acceptors (Lipinski definition) is 6. The first-order valence-corrected chi connectivity index (χ1v) is 12.3. The van der Waals surface area contributed by atoms with E-state index in [2.05, 4.69) is 48.5 Å². The van der Waals surface area contributed by atoms with Crippen LogP contribution in [-0.2, 0) is 13.0 Å². The highest BCUT2D eigenvalue weighted by atomic mass is 79.9. The van der Waals surface area contributed by atoms with Crippen LogP contribution in [0, 0.1) is 0 Å². The predicted octanol–water partition coefficient (Wildman–Crippen LogP) is 4.65. The second kappa shape index (κ2) is 10.3. The first kappa shape index (κ1) is 23.7. The zero-order valence-corrected chi connectivity index (χ0v) is 21.4. The molecule has 5 rings (SSSR count). The summed E-state index contributed by atoms with van der Waals surface area (Å²) in [4.78, 5) is 18.2. The lowest BCUT2D eigenvalue weighted by atomic mass is 10.0. The van der Waals surface area contributed by atoms with Crippen LogP contribution in [0.5, 0.6) is 5.75 Å². The molecule has 9 nitrogen and oxygen atoms in total. The maximum atomic E-state index is 13.6. The molecule has 1 N–H and O–H groups in total. The number of tetrazole rings is 1. The van der Waals surface area contributed by atoms with Gasteiger partial charge < -0.3 is 4.74 Å². The highest BCUT2D eigenvalue weighted by Gasteiger charge is 2.18. The molecule has 0 aliphatic rings. The maximum Gasteiger partial charge on any atom is 0.333 e. The minimum Gasteiger partial charge on any atom is -0.495 e. The number of hydrogen-bond donors (Lipinski definition) is 1. The zero-order valence-electron chi connectivity index (χ0n) is 19.8. The molecule has 2 aromatic carbocycles. The van der Waals surface area contributed by atoms with Gasteiger partial charge in [0.1, 0.15) is 11.4 Å². The summed E-state index contributed by atoms with van der Waals surface area (Å²) >= 11 is 3.57. The van der Waals surface area contributed by atoms with Crippen molar-refractivity contribution in [1.29, 1.82) is 0 Å². The highest BCUT2D eigenvalue weighted by Crippen LogP contribution is 2.31. The normalized spacial score (nSPS) is 11.1. The summed E-state index contributed by atoms with van der Waals surface area (Å²) in [6.45, 7) is 2.46. The molecule has 3 heterocycles. The number of para-hydroxylation sites is 1. The van der Waals surface area contributed by atoms with Gasteiger partial charge in [0.2, 0.25) is 5.82 Å². The number of rotatable bonds is 8. The van der Waals surface area contributed by atoms with Gasteiger partial charge in [-0.3, -0.25) is 14.1 Å². The van der Waals surface area contributed by atoms with Crippen molar-refractivity contribution >= 4 is 15.9 Å².